The van der Waals surface area contributed by atoms with Crippen molar-refractivity contribution in [1.82, 2.24) is 15.2 Å². The van der Waals surface area contributed by atoms with Gasteiger partial charge in [0.1, 0.15) is 0 Å². The zero-order chi connectivity index (χ0) is 17.0. The Balaban J connectivity index is 1.94. The van der Waals surface area contributed by atoms with E-state index >= 15 is 0 Å². The maximum atomic E-state index is 11.8. The first kappa shape index (κ1) is 17.4. The van der Waals surface area contributed by atoms with Crippen LogP contribution in [0.3, 0.4) is 0 Å². The van der Waals surface area contributed by atoms with Crippen molar-refractivity contribution in [3.8, 4) is 0 Å². The SMILES string of the molecule is CC(C)c1ccc(C(C)N2CCN(C(=O)C(=O)NN)CC2)cc1. The van der Waals surface area contributed by atoms with Crippen molar-refractivity contribution >= 4 is 11.8 Å². The molecule has 0 saturated carbocycles. The van der Waals surface area contributed by atoms with Crippen LogP contribution in [0.25, 0.3) is 0 Å². The standard InChI is InChI=1S/C17H26N4O2/c1-12(2)14-4-6-15(7-5-14)13(3)20-8-10-21(11-9-20)17(23)16(22)19-18/h4-7,12-13H,8-11,18H2,1-3H3,(H,19,22). The number of nitrogens with zero attached hydrogens (tertiary/aromatic N) is 2. The molecule has 0 aromatic heterocycles. The summed E-state index contributed by atoms with van der Waals surface area (Å²) in [6, 6.07) is 9.01. The first-order valence-corrected chi connectivity index (χ1v) is 8.07. The quantitative estimate of drug-likeness (QED) is 0.377. The van der Waals surface area contributed by atoms with E-state index in [1.54, 1.807) is 4.90 Å². The average Bonchev–Trinajstić information content (AvgIpc) is 2.60. The zero-order valence-electron chi connectivity index (χ0n) is 14.1. The van der Waals surface area contributed by atoms with E-state index < -0.39 is 11.8 Å². The van der Waals surface area contributed by atoms with Gasteiger partial charge in [-0.25, -0.2) is 5.84 Å². The fourth-order valence-electron chi connectivity index (χ4n) is 2.89. The van der Waals surface area contributed by atoms with Crippen molar-refractivity contribution in [2.75, 3.05) is 26.2 Å². The van der Waals surface area contributed by atoms with Crippen molar-refractivity contribution in [2.45, 2.75) is 32.7 Å². The first-order chi connectivity index (χ1) is 10.9. The lowest BCUT2D eigenvalue weighted by Crippen LogP contribution is -2.53. The Hall–Kier alpha value is -1.92. The number of nitrogens with one attached hydrogen (secondary N) is 1. The van der Waals surface area contributed by atoms with E-state index in [-0.39, 0.29) is 6.04 Å². The maximum Gasteiger partial charge on any atom is 0.323 e. The molecule has 3 N–H and O–H groups in total. The number of hydrazine groups is 1. The van der Waals surface area contributed by atoms with Gasteiger partial charge < -0.3 is 4.90 Å². The summed E-state index contributed by atoms with van der Waals surface area (Å²) in [5.41, 5.74) is 4.50. The van der Waals surface area contributed by atoms with E-state index in [4.69, 9.17) is 5.84 Å². The number of piperazine rings is 1. The molecule has 6 nitrogen and oxygen atoms in total. The van der Waals surface area contributed by atoms with Gasteiger partial charge in [0.05, 0.1) is 0 Å². The predicted molar refractivity (Wildman–Crippen MR) is 89.4 cm³/mol. The van der Waals surface area contributed by atoms with Gasteiger partial charge in [-0.2, -0.15) is 0 Å². The molecule has 1 aromatic rings. The van der Waals surface area contributed by atoms with Crippen LogP contribution in [-0.2, 0) is 9.59 Å². The Morgan fingerprint density at radius 3 is 2.00 bits per heavy atom. The molecule has 126 valence electrons. The number of hydrogen-bond acceptors (Lipinski definition) is 4. The molecule has 0 bridgehead atoms. The van der Waals surface area contributed by atoms with Crippen LogP contribution >= 0.6 is 0 Å². The normalized spacial score (nSPS) is 17.2. The molecule has 2 amide bonds. The number of carbonyl (C=O) groups is 2. The highest BCUT2D eigenvalue weighted by atomic mass is 16.2. The Morgan fingerprint density at radius 2 is 1.52 bits per heavy atom. The van der Waals surface area contributed by atoms with Gasteiger partial charge in [0.2, 0.25) is 0 Å². The van der Waals surface area contributed by atoms with Crippen molar-refractivity contribution < 1.29 is 9.59 Å². The predicted octanol–water partition coefficient (Wildman–Crippen LogP) is 1.01. The number of nitrogens with two attached hydrogens (primary N) is 1. The van der Waals surface area contributed by atoms with Crippen LogP contribution < -0.4 is 11.3 Å². The maximum absolute atomic E-state index is 11.8. The molecule has 1 atom stereocenters. The molecule has 1 heterocycles. The number of rotatable bonds is 3. The molecular weight excluding hydrogens is 292 g/mol. The molecule has 1 aliphatic heterocycles. The molecule has 0 aliphatic carbocycles. The van der Waals surface area contributed by atoms with Crippen LogP contribution in [0.1, 0.15) is 43.9 Å². The van der Waals surface area contributed by atoms with E-state index in [0.29, 0.717) is 19.0 Å². The third-order valence-electron chi connectivity index (χ3n) is 4.56. The Bertz CT molecular complexity index is 548. The molecule has 1 saturated heterocycles. The van der Waals surface area contributed by atoms with E-state index in [0.717, 1.165) is 13.1 Å². The van der Waals surface area contributed by atoms with Crippen LogP contribution in [0.4, 0.5) is 0 Å². The highest BCUT2D eigenvalue weighted by molar-refractivity contribution is 6.34. The van der Waals surface area contributed by atoms with Crippen molar-refractivity contribution in [3.63, 3.8) is 0 Å². The van der Waals surface area contributed by atoms with Crippen molar-refractivity contribution in [2.24, 2.45) is 5.84 Å². The van der Waals surface area contributed by atoms with E-state index in [1.165, 1.54) is 11.1 Å². The smallest absolute Gasteiger partial charge is 0.323 e. The molecule has 23 heavy (non-hydrogen) atoms. The Morgan fingerprint density at radius 1 is 1.00 bits per heavy atom. The summed E-state index contributed by atoms with van der Waals surface area (Å²) >= 11 is 0. The van der Waals surface area contributed by atoms with Gasteiger partial charge in [0, 0.05) is 32.2 Å². The van der Waals surface area contributed by atoms with Crippen LogP contribution in [-0.4, -0.2) is 47.8 Å². The fourth-order valence-corrected chi connectivity index (χ4v) is 2.89. The van der Waals surface area contributed by atoms with E-state index in [1.807, 2.05) is 5.43 Å². The molecule has 6 heteroatoms. The zero-order valence-corrected chi connectivity index (χ0v) is 14.1. The second-order valence-corrected chi connectivity index (χ2v) is 6.30. The molecule has 1 fully saturated rings. The average molecular weight is 318 g/mol. The molecule has 1 aromatic carbocycles. The Labute approximate surface area is 137 Å². The summed E-state index contributed by atoms with van der Waals surface area (Å²) in [6.07, 6.45) is 0. The van der Waals surface area contributed by atoms with E-state index in [2.05, 4.69) is 49.9 Å². The summed E-state index contributed by atoms with van der Waals surface area (Å²) in [7, 11) is 0. The summed E-state index contributed by atoms with van der Waals surface area (Å²) in [4.78, 5) is 27.0. The van der Waals surface area contributed by atoms with Gasteiger partial charge in [0.15, 0.2) is 0 Å². The molecule has 2 rings (SSSR count). The topological polar surface area (TPSA) is 78.7 Å². The van der Waals surface area contributed by atoms with Crippen LogP contribution in [0.2, 0.25) is 0 Å². The first-order valence-electron chi connectivity index (χ1n) is 8.07. The van der Waals surface area contributed by atoms with Crippen LogP contribution in [0.5, 0.6) is 0 Å². The van der Waals surface area contributed by atoms with Gasteiger partial charge in [0.25, 0.3) is 0 Å². The summed E-state index contributed by atoms with van der Waals surface area (Å²) in [5, 5.41) is 0. The van der Waals surface area contributed by atoms with Gasteiger partial charge in [-0.05, 0) is 24.0 Å². The lowest BCUT2D eigenvalue weighted by atomic mass is 9.99. The van der Waals surface area contributed by atoms with E-state index in [9.17, 15) is 9.59 Å². The Kier molecular flexibility index (Phi) is 5.74. The molecule has 1 unspecified atom stereocenters. The third-order valence-corrected chi connectivity index (χ3v) is 4.56. The number of hydrogen-bond donors (Lipinski definition) is 2. The minimum absolute atomic E-state index is 0.289. The third kappa shape index (κ3) is 4.09. The van der Waals surface area contributed by atoms with Crippen LogP contribution in [0.15, 0.2) is 24.3 Å². The largest absolute Gasteiger partial charge is 0.332 e. The minimum atomic E-state index is -0.754. The monoisotopic (exact) mass is 318 g/mol. The van der Waals surface area contributed by atoms with Crippen molar-refractivity contribution in [3.05, 3.63) is 35.4 Å². The summed E-state index contributed by atoms with van der Waals surface area (Å²) in [5.74, 6) is 4.23. The minimum Gasteiger partial charge on any atom is -0.332 e. The lowest BCUT2D eigenvalue weighted by molar-refractivity contribution is -0.147. The molecular formula is C17H26N4O2. The second-order valence-electron chi connectivity index (χ2n) is 6.30. The van der Waals surface area contributed by atoms with Gasteiger partial charge >= 0.3 is 11.8 Å². The summed E-state index contributed by atoms with van der Waals surface area (Å²) < 4.78 is 0. The highest BCUT2D eigenvalue weighted by Gasteiger charge is 2.27. The molecule has 1 aliphatic rings. The highest BCUT2D eigenvalue weighted by Crippen LogP contribution is 2.24. The lowest BCUT2D eigenvalue weighted by Gasteiger charge is -2.37. The fraction of sp³-hybridized carbons (Fsp3) is 0.529. The number of benzene rings is 1. The van der Waals surface area contributed by atoms with Gasteiger partial charge in [-0.15, -0.1) is 0 Å². The molecule has 0 spiro atoms. The van der Waals surface area contributed by atoms with Gasteiger partial charge in [-0.1, -0.05) is 38.1 Å². The molecule has 0 radical (unpaired) electrons. The number of amides is 2. The van der Waals surface area contributed by atoms with Gasteiger partial charge in [-0.3, -0.25) is 19.9 Å². The van der Waals surface area contributed by atoms with Crippen LogP contribution in [0, 0.1) is 0 Å². The number of carbonyl (C=O) groups excluding carboxylic acids is 2. The van der Waals surface area contributed by atoms with Crippen molar-refractivity contribution in [1.29, 1.82) is 0 Å². The second kappa shape index (κ2) is 7.57. The summed E-state index contributed by atoms with van der Waals surface area (Å²) in [6.45, 7) is 9.13.